The van der Waals surface area contributed by atoms with Gasteiger partial charge in [-0.15, -0.1) is 12.4 Å². The largest absolute Gasteiger partial charge is 0.354 e. The average molecular weight is 277 g/mol. The molecule has 1 aromatic rings. The molecule has 1 rings (SSSR count). The van der Waals surface area contributed by atoms with Crippen molar-refractivity contribution in [3.05, 3.63) is 34.9 Å². The average Bonchev–Trinajstić information content (AvgIpc) is 2.14. The lowest BCUT2D eigenvalue weighted by atomic mass is 10.1. The summed E-state index contributed by atoms with van der Waals surface area (Å²) in [5, 5.41) is 3.43. The smallest absolute Gasteiger partial charge is 0.224 e. The van der Waals surface area contributed by atoms with Crippen LogP contribution in [0.1, 0.15) is 19.4 Å². The monoisotopic (exact) mass is 276 g/mol. The maximum Gasteiger partial charge on any atom is 0.224 e. The van der Waals surface area contributed by atoms with E-state index in [0.29, 0.717) is 18.0 Å². The Morgan fingerprint density at radius 2 is 2.12 bits per heavy atom. The van der Waals surface area contributed by atoms with Crippen molar-refractivity contribution in [1.29, 1.82) is 0 Å². The van der Waals surface area contributed by atoms with Gasteiger partial charge >= 0.3 is 0 Å². The number of hydrogen-bond donors (Lipinski definition) is 2. The molecular weight excluding hydrogens is 259 g/mol. The van der Waals surface area contributed by atoms with Crippen LogP contribution in [0.2, 0.25) is 5.02 Å². The van der Waals surface area contributed by atoms with E-state index in [4.69, 9.17) is 17.3 Å². The summed E-state index contributed by atoms with van der Waals surface area (Å²) in [5.41, 5.74) is 6.28. The van der Waals surface area contributed by atoms with E-state index < -0.39 is 0 Å². The number of benzene rings is 1. The zero-order valence-electron chi connectivity index (χ0n) is 10.00. The van der Waals surface area contributed by atoms with Gasteiger partial charge in [-0.2, -0.15) is 0 Å². The zero-order chi connectivity index (χ0) is 12.2. The molecule has 0 aliphatic carbocycles. The van der Waals surface area contributed by atoms with Gasteiger partial charge in [-0.05, 0) is 31.5 Å². The summed E-state index contributed by atoms with van der Waals surface area (Å²) in [6.07, 6.45) is 0.330. The number of rotatable bonds is 4. The second-order valence-electron chi connectivity index (χ2n) is 4.57. The quantitative estimate of drug-likeness (QED) is 0.886. The maximum atomic E-state index is 11.6. The normalized spacial score (nSPS) is 10.6. The molecule has 0 saturated carbocycles. The minimum atomic E-state index is -0.385. The Morgan fingerprint density at radius 1 is 1.47 bits per heavy atom. The minimum Gasteiger partial charge on any atom is -0.354 e. The van der Waals surface area contributed by atoms with E-state index in [1.165, 1.54) is 0 Å². The molecule has 0 unspecified atom stereocenters. The van der Waals surface area contributed by atoms with E-state index >= 15 is 0 Å². The summed E-state index contributed by atoms with van der Waals surface area (Å²) in [5.74, 6) is -0.0409. The Labute approximate surface area is 113 Å². The fourth-order valence-electron chi connectivity index (χ4n) is 1.22. The Bertz CT molecular complexity index is 375. The molecule has 96 valence electrons. The standard InChI is InChI=1S/C12H17ClN2O.ClH/c1-12(2,14)8-15-11(16)7-9-4-3-5-10(13)6-9;/h3-6H,7-8,14H2,1-2H3,(H,15,16);1H. The molecule has 0 aliphatic heterocycles. The van der Waals surface area contributed by atoms with Crippen LogP contribution >= 0.6 is 24.0 Å². The van der Waals surface area contributed by atoms with Gasteiger partial charge in [0.2, 0.25) is 5.91 Å². The molecule has 0 radical (unpaired) electrons. The third-order valence-electron chi connectivity index (χ3n) is 1.99. The highest BCUT2D eigenvalue weighted by atomic mass is 35.5. The van der Waals surface area contributed by atoms with Crippen LogP contribution in [0.25, 0.3) is 0 Å². The lowest BCUT2D eigenvalue weighted by Crippen LogP contribution is -2.45. The molecule has 0 saturated heterocycles. The Balaban J connectivity index is 0.00000256. The van der Waals surface area contributed by atoms with Gasteiger partial charge in [0.1, 0.15) is 0 Å². The molecule has 3 N–H and O–H groups in total. The molecule has 17 heavy (non-hydrogen) atoms. The molecule has 0 atom stereocenters. The molecule has 0 aliphatic rings. The number of carbonyl (C=O) groups excluding carboxylic acids is 1. The van der Waals surface area contributed by atoms with Gasteiger partial charge in [0, 0.05) is 17.1 Å². The van der Waals surface area contributed by atoms with Crippen molar-refractivity contribution in [2.75, 3.05) is 6.54 Å². The van der Waals surface area contributed by atoms with Crippen molar-refractivity contribution < 1.29 is 4.79 Å². The molecule has 0 aromatic heterocycles. The van der Waals surface area contributed by atoms with Crippen molar-refractivity contribution in [2.24, 2.45) is 5.73 Å². The van der Waals surface area contributed by atoms with Crippen molar-refractivity contribution in [2.45, 2.75) is 25.8 Å². The van der Waals surface area contributed by atoms with Gasteiger partial charge < -0.3 is 11.1 Å². The van der Waals surface area contributed by atoms with Crippen LogP contribution in [0.5, 0.6) is 0 Å². The highest BCUT2D eigenvalue weighted by Gasteiger charge is 2.12. The van der Waals surface area contributed by atoms with Crippen LogP contribution < -0.4 is 11.1 Å². The predicted molar refractivity (Wildman–Crippen MR) is 73.7 cm³/mol. The molecule has 5 heteroatoms. The first kappa shape index (κ1) is 16.2. The molecule has 1 amide bonds. The highest BCUT2D eigenvalue weighted by Crippen LogP contribution is 2.10. The summed E-state index contributed by atoms with van der Waals surface area (Å²) < 4.78 is 0. The van der Waals surface area contributed by atoms with Crippen LogP contribution in [0.3, 0.4) is 0 Å². The van der Waals surface area contributed by atoms with Crippen molar-refractivity contribution in [3.63, 3.8) is 0 Å². The number of amides is 1. The topological polar surface area (TPSA) is 55.1 Å². The molecule has 0 bridgehead atoms. The second-order valence-corrected chi connectivity index (χ2v) is 5.01. The van der Waals surface area contributed by atoms with Crippen molar-refractivity contribution >= 4 is 29.9 Å². The summed E-state index contributed by atoms with van der Waals surface area (Å²) in [4.78, 5) is 11.6. The molecule has 0 fully saturated rings. The van der Waals surface area contributed by atoms with Gasteiger partial charge in [0.25, 0.3) is 0 Å². The Kier molecular flexibility index (Phi) is 6.53. The van der Waals surface area contributed by atoms with Gasteiger partial charge in [0.05, 0.1) is 6.42 Å². The maximum absolute atomic E-state index is 11.6. The minimum absolute atomic E-state index is 0. The SMILES string of the molecule is CC(C)(N)CNC(=O)Cc1cccc(Cl)c1.Cl. The number of halogens is 2. The van der Waals surface area contributed by atoms with E-state index in [0.717, 1.165) is 5.56 Å². The van der Waals surface area contributed by atoms with E-state index in [2.05, 4.69) is 5.32 Å². The number of nitrogens with two attached hydrogens (primary N) is 1. The zero-order valence-corrected chi connectivity index (χ0v) is 11.6. The van der Waals surface area contributed by atoms with E-state index in [-0.39, 0.29) is 23.9 Å². The molecular formula is C12H18Cl2N2O. The summed E-state index contributed by atoms with van der Waals surface area (Å²) in [7, 11) is 0. The van der Waals surface area contributed by atoms with Crippen LogP contribution in [0.4, 0.5) is 0 Å². The number of carbonyl (C=O) groups is 1. The highest BCUT2D eigenvalue weighted by molar-refractivity contribution is 6.30. The second kappa shape index (κ2) is 6.84. The van der Waals surface area contributed by atoms with Gasteiger partial charge in [0.15, 0.2) is 0 Å². The van der Waals surface area contributed by atoms with Gasteiger partial charge in [-0.25, -0.2) is 0 Å². The van der Waals surface area contributed by atoms with Gasteiger partial charge in [-0.1, -0.05) is 23.7 Å². The van der Waals surface area contributed by atoms with Crippen LogP contribution in [-0.2, 0) is 11.2 Å². The lowest BCUT2D eigenvalue weighted by Gasteiger charge is -2.18. The third kappa shape index (κ3) is 7.21. The van der Waals surface area contributed by atoms with E-state index in [9.17, 15) is 4.79 Å². The fourth-order valence-corrected chi connectivity index (χ4v) is 1.43. The number of nitrogens with one attached hydrogen (secondary N) is 1. The Hall–Kier alpha value is -0.770. The van der Waals surface area contributed by atoms with E-state index in [1.807, 2.05) is 26.0 Å². The van der Waals surface area contributed by atoms with E-state index in [1.54, 1.807) is 12.1 Å². The van der Waals surface area contributed by atoms with Gasteiger partial charge in [-0.3, -0.25) is 4.79 Å². The number of hydrogen-bond acceptors (Lipinski definition) is 2. The van der Waals surface area contributed by atoms with Crippen molar-refractivity contribution in [3.8, 4) is 0 Å². The van der Waals surface area contributed by atoms with Crippen LogP contribution in [0.15, 0.2) is 24.3 Å². The molecule has 0 heterocycles. The lowest BCUT2D eigenvalue weighted by molar-refractivity contribution is -0.120. The predicted octanol–water partition coefficient (Wildman–Crippen LogP) is 2.16. The van der Waals surface area contributed by atoms with Crippen LogP contribution in [0, 0.1) is 0 Å². The summed E-state index contributed by atoms with van der Waals surface area (Å²) >= 11 is 5.83. The summed E-state index contributed by atoms with van der Waals surface area (Å²) in [6, 6.07) is 7.28. The van der Waals surface area contributed by atoms with Crippen molar-refractivity contribution in [1.82, 2.24) is 5.32 Å². The molecule has 1 aromatic carbocycles. The first-order chi connectivity index (χ1) is 7.37. The Morgan fingerprint density at radius 3 is 2.65 bits per heavy atom. The first-order valence-corrected chi connectivity index (χ1v) is 5.55. The van der Waals surface area contributed by atoms with Crippen LogP contribution in [-0.4, -0.2) is 18.0 Å². The fraction of sp³-hybridized carbons (Fsp3) is 0.417. The summed E-state index contributed by atoms with van der Waals surface area (Å²) in [6.45, 7) is 4.20. The first-order valence-electron chi connectivity index (χ1n) is 5.17. The third-order valence-corrected chi connectivity index (χ3v) is 2.23. The molecule has 3 nitrogen and oxygen atoms in total. The molecule has 0 spiro atoms.